The van der Waals surface area contributed by atoms with E-state index in [0.717, 1.165) is 22.6 Å². The third kappa shape index (κ3) is 2.28. The molecule has 0 aliphatic heterocycles. The zero-order valence-electron chi connectivity index (χ0n) is 10.5. The standard InChI is InChI=1S/C14H25NS/c1-16-13-5-3-2-4-12(13)15-10-14(8-9-14)11-6-7-11/h11-13,15H,2-10H2,1H3. The van der Waals surface area contributed by atoms with Crippen LogP contribution in [0.25, 0.3) is 0 Å². The number of hydrogen-bond acceptors (Lipinski definition) is 2. The average Bonchev–Trinajstić information content (AvgIpc) is 3.17. The van der Waals surface area contributed by atoms with Crippen molar-refractivity contribution in [2.75, 3.05) is 12.8 Å². The largest absolute Gasteiger partial charge is 0.312 e. The predicted molar refractivity (Wildman–Crippen MR) is 72.0 cm³/mol. The molecule has 0 aromatic heterocycles. The van der Waals surface area contributed by atoms with E-state index in [4.69, 9.17) is 0 Å². The van der Waals surface area contributed by atoms with Crippen LogP contribution in [-0.4, -0.2) is 24.1 Å². The van der Waals surface area contributed by atoms with E-state index in [1.165, 1.54) is 57.9 Å². The first-order valence-electron chi connectivity index (χ1n) is 7.10. The summed E-state index contributed by atoms with van der Waals surface area (Å²) in [4.78, 5) is 0. The molecule has 1 nitrogen and oxygen atoms in total. The van der Waals surface area contributed by atoms with Crippen molar-refractivity contribution in [2.24, 2.45) is 11.3 Å². The summed E-state index contributed by atoms with van der Waals surface area (Å²) in [7, 11) is 0. The Bertz CT molecular complexity index is 245. The van der Waals surface area contributed by atoms with Crippen LogP contribution in [0.1, 0.15) is 51.4 Å². The molecule has 1 N–H and O–H groups in total. The Morgan fingerprint density at radius 3 is 2.50 bits per heavy atom. The highest BCUT2D eigenvalue weighted by atomic mass is 32.2. The van der Waals surface area contributed by atoms with Gasteiger partial charge in [-0.2, -0.15) is 11.8 Å². The Hall–Kier alpha value is 0.310. The molecule has 0 spiro atoms. The van der Waals surface area contributed by atoms with E-state index < -0.39 is 0 Å². The van der Waals surface area contributed by atoms with Gasteiger partial charge in [0.15, 0.2) is 0 Å². The van der Waals surface area contributed by atoms with E-state index in [2.05, 4.69) is 23.3 Å². The van der Waals surface area contributed by atoms with Gasteiger partial charge in [-0.15, -0.1) is 0 Å². The van der Waals surface area contributed by atoms with Crippen LogP contribution in [0.5, 0.6) is 0 Å². The molecule has 3 saturated carbocycles. The highest BCUT2D eigenvalue weighted by molar-refractivity contribution is 7.99. The van der Waals surface area contributed by atoms with Crippen LogP contribution in [0.15, 0.2) is 0 Å². The highest BCUT2D eigenvalue weighted by Gasteiger charge is 2.53. The van der Waals surface area contributed by atoms with Gasteiger partial charge in [0.05, 0.1) is 0 Å². The minimum Gasteiger partial charge on any atom is -0.312 e. The van der Waals surface area contributed by atoms with Crippen molar-refractivity contribution in [1.82, 2.24) is 5.32 Å². The molecule has 3 aliphatic rings. The maximum atomic E-state index is 3.93. The topological polar surface area (TPSA) is 12.0 Å². The fraction of sp³-hybridized carbons (Fsp3) is 1.00. The molecule has 0 radical (unpaired) electrons. The molecule has 0 amide bonds. The van der Waals surface area contributed by atoms with E-state index in [9.17, 15) is 0 Å². The SMILES string of the molecule is CSC1CCCCC1NCC1(C2CC2)CC1. The lowest BCUT2D eigenvalue weighted by Gasteiger charge is -2.32. The molecule has 3 fully saturated rings. The summed E-state index contributed by atoms with van der Waals surface area (Å²) in [5, 5.41) is 4.82. The van der Waals surface area contributed by atoms with Gasteiger partial charge in [-0.05, 0) is 56.1 Å². The zero-order valence-corrected chi connectivity index (χ0v) is 11.3. The van der Waals surface area contributed by atoms with E-state index >= 15 is 0 Å². The number of hydrogen-bond donors (Lipinski definition) is 1. The summed E-state index contributed by atoms with van der Waals surface area (Å²) in [6.45, 7) is 1.33. The second kappa shape index (κ2) is 4.53. The molecule has 0 aromatic carbocycles. The molecule has 2 atom stereocenters. The van der Waals surface area contributed by atoms with Crippen LogP contribution in [0.3, 0.4) is 0 Å². The summed E-state index contributed by atoms with van der Waals surface area (Å²) >= 11 is 2.09. The summed E-state index contributed by atoms with van der Waals surface area (Å²) in [5.41, 5.74) is 0.778. The van der Waals surface area contributed by atoms with Gasteiger partial charge < -0.3 is 5.32 Å². The van der Waals surface area contributed by atoms with Crippen LogP contribution < -0.4 is 5.32 Å². The molecule has 3 rings (SSSR count). The molecule has 2 unspecified atom stereocenters. The average molecular weight is 239 g/mol. The predicted octanol–water partition coefficient (Wildman–Crippen LogP) is 3.44. The van der Waals surface area contributed by atoms with Crippen molar-refractivity contribution >= 4 is 11.8 Å². The minimum absolute atomic E-state index is 0.778. The minimum atomic E-state index is 0.778. The summed E-state index contributed by atoms with van der Waals surface area (Å²) < 4.78 is 0. The van der Waals surface area contributed by atoms with Gasteiger partial charge in [0.1, 0.15) is 0 Å². The van der Waals surface area contributed by atoms with Gasteiger partial charge in [-0.25, -0.2) is 0 Å². The van der Waals surface area contributed by atoms with Crippen LogP contribution >= 0.6 is 11.8 Å². The molecule has 92 valence electrons. The number of thioether (sulfide) groups is 1. The van der Waals surface area contributed by atoms with Gasteiger partial charge in [-0.3, -0.25) is 0 Å². The second-order valence-electron chi connectivity index (χ2n) is 6.18. The summed E-state index contributed by atoms with van der Waals surface area (Å²) in [6, 6.07) is 0.819. The third-order valence-corrected chi connectivity index (χ3v) is 6.23. The first-order valence-corrected chi connectivity index (χ1v) is 8.39. The molecular weight excluding hydrogens is 214 g/mol. The molecule has 3 aliphatic carbocycles. The van der Waals surface area contributed by atoms with Crippen molar-refractivity contribution in [3.63, 3.8) is 0 Å². The fourth-order valence-corrected chi connectivity index (χ4v) is 4.50. The quantitative estimate of drug-likeness (QED) is 0.789. The normalized spacial score (nSPS) is 37.3. The van der Waals surface area contributed by atoms with E-state index in [1.807, 2.05) is 0 Å². The Balaban J connectivity index is 1.49. The lowest BCUT2D eigenvalue weighted by atomic mass is 9.93. The van der Waals surface area contributed by atoms with Gasteiger partial charge in [-0.1, -0.05) is 12.8 Å². The van der Waals surface area contributed by atoms with Crippen LogP contribution in [0.2, 0.25) is 0 Å². The molecule has 0 heterocycles. The first-order chi connectivity index (χ1) is 7.84. The van der Waals surface area contributed by atoms with Gasteiger partial charge in [0, 0.05) is 17.8 Å². The van der Waals surface area contributed by atoms with Gasteiger partial charge >= 0.3 is 0 Å². The molecule has 2 heteroatoms. The maximum Gasteiger partial charge on any atom is 0.0198 e. The van der Waals surface area contributed by atoms with E-state index in [1.54, 1.807) is 0 Å². The van der Waals surface area contributed by atoms with Crippen molar-refractivity contribution in [1.29, 1.82) is 0 Å². The Morgan fingerprint density at radius 1 is 1.12 bits per heavy atom. The van der Waals surface area contributed by atoms with Crippen molar-refractivity contribution < 1.29 is 0 Å². The molecule has 0 bridgehead atoms. The van der Waals surface area contributed by atoms with Gasteiger partial charge in [0.25, 0.3) is 0 Å². The van der Waals surface area contributed by atoms with Crippen molar-refractivity contribution in [3.8, 4) is 0 Å². The van der Waals surface area contributed by atoms with Crippen molar-refractivity contribution in [2.45, 2.75) is 62.7 Å². The Labute approximate surface area is 104 Å². The Kier molecular flexibility index (Phi) is 3.23. The monoisotopic (exact) mass is 239 g/mol. The van der Waals surface area contributed by atoms with Crippen LogP contribution in [0, 0.1) is 11.3 Å². The lowest BCUT2D eigenvalue weighted by Crippen LogP contribution is -2.43. The summed E-state index contributed by atoms with van der Waals surface area (Å²) in [6.07, 6.45) is 14.1. The number of nitrogens with one attached hydrogen (secondary N) is 1. The van der Waals surface area contributed by atoms with Crippen LogP contribution in [-0.2, 0) is 0 Å². The smallest absolute Gasteiger partial charge is 0.0198 e. The maximum absolute atomic E-state index is 3.93. The third-order valence-electron chi connectivity index (χ3n) is 5.06. The number of rotatable bonds is 5. The highest BCUT2D eigenvalue weighted by Crippen LogP contribution is 2.60. The zero-order chi connectivity index (χ0) is 11.0. The molecular formula is C14H25NS. The Morgan fingerprint density at radius 2 is 1.88 bits per heavy atom. The fourth-order valence-electron chi connectivity index (χ4n) is 3.53. The van der Waals surface area contributed by atoms with Crippen LogP contribution in [0.4, 0.5) is 0 Å². The first kappa shape index (κ1) is 11.4. The molecule has 16 heavy (non-hydrogen) atoms. The molecule has 0 aromatic rings. The summed E-state index contributed by atoms with van der Waals surface area (Å²) in [5.74, 6) is 1.11. The molecule has 0 saturated heterocycles. The second-order valence-corrected chi connectivity index (χ2v) is 7.26. The lowest BCUT2D eigenvalue weighted by molar-refractivity contribution is 0.327. The van der Waals surface area contributed by atoms with E-state index in [-0.39, 0.29) is 0 Å². The van der Waals surface area contributed by atoms with Crippen molar-refractivity contribution in [3.05, 3.63) is 0 Å². The van der Waals surface area contributed by atoms with E-state index in [0.29, 0.717) is 0 Å². The van der Waals surface area contributed by atoms with Gasteiger partial charge in [0.2, 0.25) is 0 Å².